The molecule has 1 unspecified atom stereocenters. The lowest BCUT2D eigenvalue weighted by Gasteiger charge is -2.08. The maximum atomic E-state index is 11.1. The summed E-state index contributed by atoms with van der Waals surface area (Å²) >= 11 is -1.85. The first kappa shape index (κ1) is 10.4. The molecule has 0 amide bonds. The van der Waals surface area contributed by atoms with Gasteiger partial charge in [-0.15, -0.1) is 0 Å². The predicted molar refractivity (Wildman–Crippen MR) is 54.2 cm³/mol. The van der Waals surface area contributed by atoms with Crippen LogP contribution in [0.25, 0.3) is 0 Å². The molecule has 0 aliphatic rings. The molecule has 0 spiro atoms. The zero-order valence-electron chi connectivity index (χ0n) is 7.91. The lowest BCUT2D eigenvalue weighted by molar-refractivity contribution is 0.562. The minimum absolute atomic E-state index is 0.604. The highest BCUT2D eigenvalue weighted by atomic mass is 32.2. The van der Waals surface area contributed by atoms with Crippen LogP contribution in [0.3, 0.4) is 0 Å². The van der Waals surface area contributed by atoms with Crippen LogP contribution in [0.2, 0.25) is 0 Å². The van der Waals surface area contributed by atoms with Gasteiger partial charge in [0, 0.05) is 0 Å². The minimum atomic E-state index is -1.85. The molecule has 0 aliphatic carbocycles. The lowest BCUT2D eigenvalue weighted by Crippen LogP contribution is -2.00. The second kappa shape index (κ2) is 4.53. The Morgan fingerprint density at radius 3 is 2.00 bits per heavy atom. The van der Waals surface area contributed by atoms with E-state index in [0.29, 0.717) is 4.90 Å². The number of aryl methyl sites for hydroxylation is 2. The van der Waals surface area contributed by atoms with Crippen molar-refractivity contribution in [2.75, 3.05) is 0 Å². The fraction of sp³-hybridized carbons (Fsp3) is 0.400. The van der Waals surface area contributed by atoms with Crippen molar-refractivity contribution in [3.8, 4) is 0 Å². The largest absolute Gasteiger partial charge is 0.302 e. The van der Waals surface area contributed by atoms with E-state index in [2.05, 4.69) is 0 Å². The summed E-state index contributed by atoms with van der Waals surface area (Å²) in [6.07, 6.45) is 1.60. The summed E-state index contributed by atoms with van der Waals surface area (Å²) in [4.78, 5) is 0.604. The molecular weight excluding hydrogens is 184 g/mol. The van der Waals surface area contributed by atoms with Crippen LogP contribution < -0.4 is 0 Å². The van der Waals surface area contributed by atoms with Gasteiger partial charge in [-0.3, -0.25) is 0 Å². The molecule has 3 heteroatoms. The number of hydrogen-bond acceptors (Lipinski definition) is 1. The number of rotatable bonds is 3. The first-order valence-corrected chi connectivity index (χ1v) is 5.53. The quantitative estimate of drug-likeness (QED) is 0.757. The van der Waals surface area contributed by atoms with Gasteiger partial charge in [0.1, 0.15) is 0 Å². The molecule has 72 valence electrons. The maximum Gasteiger partial charge on any atom is 0.187 e. The Hall–Kier alpha value is -0.670. The fourth-order valence-corrected chi connectivity index (χ4v) is 2.29. The van der Waals surface area contributed by atoms with E-state index < -0.39 is 11.1 Å². The number of benzene rings is 1. The third-order valence-corrected chi connectivity index (χ3v) is 2.99. The molecule has 0 aliphatic heterocycles. The van der Waals surface area contributed by atoms with Gasteiger partial charge in [-0.05, 0) is 24.0 Å². The third kappa shape index (κ3) is 2.17. The summed E-state index contributed by atoms with van der Waals surface area (Å²) in [6.45, 7) is 3.98. The molecule has 1 N–H and O–H groups in total. The molecule has 0 saturated heterocycles. The van der Waals surface area contributed by atoms with E-state index in [1.807, 2.05) is 32.0 Å². The smallest absolute Gasteiger partial charge is 0.187 e. The van der Waals surface area contributed by atoms with Crippen LogP contribution in [0.5, 0.6) is 0 Å². The summed E-state index contributed by atoms with van der Waals surface area (Å²) in [5, 5.41) is 0. The molecule has 0 fully saturated rings. The van der Waals surface area contributed by atoms with Gasteiger partial charge in [-0.1, -0.05) is 32.0 Å². The molecular formula is C10H14O2S. The summed E-state index contributed by atoms with van der Waals surface area (Å²) in [5.41, 5.74) is 1.94. The molecule has 1 atom stereocenters. The van der Waals surface area contributed by atoms with E-state index in [-0.39, 0.29) is 0 Å². The van der Waals surface area contributed by atoms with E-state index in [1.54, 1.807) is 0 Å². The summed E-state index contributed by atoms with van der Waals surface area (Å²) in [6, 6.07) is 5.75. The second-order valence-electron chi connectivity index (χ2n) is 2.86. The molecule has 0 heterocycles. The molecule has 0 radical (unpaired) electrons. The van der Waals surface area contributed by atoms with Crippen molar-refractivity contribution in [1.82, 2.24) is 0 Å². The molecule has 1 rings (SSSR count). The molecule has 1 aromatic rings. The third-order valence-electron chi connectivity index (χ3n) is 2.11. The Labute approximate surface area is 81.3 Å². The average Bonchev–Trinajstić information content (AvgIpc) is 2.16. The Balaban J connectivity index is 3.29. The standard InChI is InChI=1S/C10H14O2S/c1-3-8-6-5-7-9(4-2)10(8)13(11)12/h5-7H,3-4H2,1-2H3,(H,11,12). The zero-order valence-corrected chi connectivity index (χ0v) is 8.73. The second-order valence-corrected chi connectivity index (χ2v) is 3.77. The molecule has 0 aromatic heterocycles. The van der Waals surface area contributed by atoms with E-state index in [1.165, 1.54) is 0 Å². The topological polar surface area (TPSA) is 37.3 Å². The minimum Gasteiger partial charge on any atom is -0.302 e. The van der Waals surface area contributed by atoms with Gasteiger partial charge in [-0.25, -0.2) is 4.21 Å². The normalized spacial score (nSPS) is 12.8. The Bertz CT molecular complexity index is 298. The van der Waals surface area contributed by atoms with Gasteiger partial charge in [0.05, 0.1) is 4.90 Å². The first-order valence-electron chi connectivity index (χ1n) is 4.42. The predicted octanol–water partition coefficient (Wildman–Crippen LogP) is 2.39. The van der Waals surface area contributed by atoms with Gasteiger partial charge < -0.3 is 4.55 Å². The van der Waals surface area contributed by atoms with Crippen LogP contribution in [0.15, 0.2) is 23.1 Å². The van der Waals surface area contributed by atoms with E-state index >= 15 is 0 Å². The summed E-state index contributed by atoms with van der Waals surface area (Å²) < 4.78 is 20.2. The van der Waals surface area contributed by atoms with Gasteiger partial charge in [-0.2, -0.15) is 0 Å². The monoisotopic (exact) mass is 198 g/mol. The van der Waals surface area contributed by atoms with Crippen molar-refractivity contribution in [3.63, 3.8) is 0 Å². The van der Waals surface area contributed by atoms with Crippen molar-refractivity contribution >= 4 is 11.1 Å². The first-order chi connectivity index (χ1) is 6.20. The van der Waals surface area contributed by atoms with Crippen LogP contribution in [-0.2, 0) is 23.9 Å². The number of hydrogen-bond donors (Lipinski definition) is 1. The van der Waals surface area contributed by atoms with E-state index in [0.717, 1.165) is 24.0 Å². The van der Waals surface area contributed by atoms with Gasteiger partial charge in [0.2, 0.25) is 0 Å². The maximum absolute atomic E-state index is 11.1. The van der Waals surface area contributed by atoms with Crippen molar-refractivity contribution in [2.45, 2.75) is 31.6 Å². The summed E-state index contributed by atoms with van der Waals surface area (Å²) in [5.74, 6) is 0. The summed E-state index contributed by atoms with van der Waals surface area (Å²) in [7, 11) is 0. The van der Waals surface area contributed by atoms with Crippen molar-refractivity contribution in [1.29, 1.82) is 0 Å². The van der Waals surface area contributed by atoms with Gasteiger partial charge in [0.25, 0.3) is 0 Å². The molecule has 1 aromatic carbocycles. The highest BCUT2D eigenvalue weighted by molar-refractivity contribution is 7.79. The Kier molecular flexibility index (Phi) is 3.63. The van der Waals surface area contributed by atoms with Crippen LogP contribution in [0, 0.1) is 0 Å². The fourth-order valence-electron chi connectivity index (χ4n) is 1.42. The van der Waals surface area contributed by atoms with Gasteiger partial charge in [0.15, 0.2) is 11.1 Å². The van der Waals surface area contributed by atoms with Crippen molar-refractivity contribution in [2.24, 2.45) is 0 Å². The molecule has 0 saturated carbocycles. The SMILES string of the molecule is CCc1cccc(CC)c1S(=O)O. The molecule has 0 bridgehead atoms. The van der Waals surface area contributed by atoms with Crippen LogP contribution in [-0.4, -0.2) is 8.76 Å². The zero-order chi connectivity index (χ0) is 9.84. The van der Waals surface area contributed by atoms with Crippen molar-refractivity contribution in [3.05, 3.63) is 29.3 Å². The molecule has 2 nitrogen and oxygen atoms in total. The average molecular weight is 198 g/mol. The Morgan fingerprint density at radius 2 is 1.69 bits per heavy atom. The van der Waals surface area contributed by atoms with Crippen LogP contribution in [0.4, 0.5) is 0 Å². The highest BCUT2D eigenvalue weighted by Crippen LogP contribution is 2.19. The van der Waals surface area contributed by atoms with E-state index in [9.17, 15) is 4.21 Å². The lowest BCUT2D eigenvalue weighted by atomic mass is 10.1. The van der Waals surface area contributed by atoms with E-state index in [4.69, 9.17) is 4.55 Å². The molecule has 13 heavy (non-hydrogen) atoms. The van der Waals surface area contributed by atoms with Crippen LogP contribution in [0.1, 0.15) is 25.0 Å². The van der Waals surface area contributed by atoms with Crippen LogP contribution >= 0.6 is 0 Å². The van der Waals surface area contributed by atoms with Gasteiger partial charge >= 0.3 is 0 Å². The Morgan fingerprint density at radius 1 is 1.23 bits per heavy atom. The van der Waals surface area contributed by atoms with Crippen molar-refractivity contribution < 1.29 is 8.76 Å². The highest BCUT2D eigenvalue weighted by Gasteiger charge is 2.10.